The number of esters is 1. The van der Waals surface area contributed by atoms with Gasteiger partial charge < -0.3 is 24.1 Å². The number of hydrazine groups is 1. The zero-order chi connectivity index (χ0) is 35.8. The number of amides is 1. The fourth-order valence-corrected chi connectivity index (χ4v) is 5.40. The van der Waals surface area contributed by atoms with E-state index in [2.05, 4.69) is 15.6 Å². The molecular formula is C34H36Cl2F3N3O7. The van der Waals surface area contributed by atoms with Gasteiger partial charge in [-0.05, 0) is 81.3 Å². The van der Waals surface area contributed by atoms with E-state index < -0.39 is 41.2 Å². The van der Waals surface area contributed by atoms with E-state index in [9.17, 15) is 22.8 Å². The topological polar surface area (TPSA) is 128 Å². The Morgan fingerprint density at radius 3 is 2.29 bits per heavy atom. The third-order valence-corrected chi connectivity index (χ3v) is 7.62. The Hall–Kier alpha value is -4.04. The number of hydrogen-bond donors (Lipinski definition) is 3. The molecule has 0 aromatic heterocycles. The highest BCUT2D eigenvalue weighted by atomic mass is 35.5. The maximum absolute atomic E-state index is 14.2. The van der Waals surface area contributed by atoms with Crippen molar-refractivity contribution in [1.82, 2.24) is 10.9 Å². The third-order valence-electron chi connectivity index (χ3n) is 7.06. The molecule has 0 radical (unpaired) electrons. The zero-order valence-electron chi connectivity index (χ0n) is 26.9. The number of carbonyl (C=O) groups is 2. The molecule has 2 atom stereocenters. The van der Waals surface area contributed by atoms with Crippen molar-refractivity contribution in [3.8, 4) is 11.5 Å². The Balaban J connectivity index is 1.66. The van der Waals surface area contributed by atoms with Crippen LogP contribution in [0.5, 0.6) is 11.5 Å². The second-order valence-electron chi connectivity index (χ2n) is 12.0. The van der Waals surface area contributed by atoms with Gasteiger partial charge in [0.25, 0.3) is 5.91 Å². The molecule has 4 rings (SSSR count). The highest BCUT2D eigenvalue weighted by molar-refractivity contribution is 6.35. The number of alkyl halides is 3. The van der Waals surface area contributed by atoms with Crippen LogP contribution in [-0.2, 0) is 25.6 Å². The van der Waals surface area contributed by atoms with Crippen molar-refractivity contribution in [3.63, 3.8) is 0 Å². The van der Waals surface area contributed by atoms with E-state index in [1.54, 1.807) is 57.2 Å². The van der Waals surface area contributed by atoms with E-state index in [1.165, 1.54) is 18.2 Å². The SMILES string of the molecule is CC(C)(C)OC(=O)CC[C@]1(C(=O)NNCc2ccc(OC(F)(F)F)cc2)N=C(c2ccc(OCCCO)cc2)O[C@H]1c1ccc(Cl)cc1Cl. The molecule has 1 aliphatic heterocycles. The van der Waals surface area contributed by atoms with Crippen molar-refractivity contribution in [3.05, 3.63) is 93.5 Å². The first-order valence-corrected chi connectivity index (χ1v) is 16.0. The number of benzene rings is 3. The largest absolute Gasteiger partial charge is 0.573 e. The highest BCUT2D eigenvalue weighted by Gasteiger charge is 2.54. The van der Waals surface area contributed by atoms with Gasteiger partial charge in [0.2, 0.25) is 5.90 Å². The smallest absolute Gasteiger partial charge is 0.494 e. The molecular weight excluding hydrogens is 690 g/mol. The van der Waals surface area contributed by atoms with Crippen LogP contribution in [-0.4, -0.2) is 53.6 Å². The molecule has 264 valence electrons. The minimum atomic E-state index is -4.83. The fraction of sp³-hybridized carbons (Fsp3) is 0.382. The van der Waals surface area contributed by atoms with Crippen molar-refractivity contribution < 1.29 is 46.8 Å². The summed E-state index contributed by atoms with van der Waals surface area (Å²) in [4.78, 5) is 32.0. The Kier molecular flexibility index (Phi) is 12.4. The number of halogens is 5. The van der Waals surface area contributed by atoms with Gasteiger partial charge in [0.1, 0.15) is 17.1 Å². The van der Waals surface area contributed by atoms with Gasteiger partial charge in [-0.3, -0.25) is 15.0 Å². The van der Waals surface area contributed by atoms with E-state index in [-0.39, 0.29) is 36.9 Å². The Labute approximate surface area is 291 Å². The summed E-state index contributed by atoms with van der Waals surface area (Å²) in [6, 6.07) is 16.6. The summed E-state index contributed by atoms with van der Waals surface area (Å²) in [7, 11) is 0. The zero-order valence-corrected chi connectivity index (χ0v) is 28.4. The summed E-state index contributed by atoms with van der Waals surface area (Å²) in [6.45, 7) is 5.49. The quantitative estimate of drug-likeness (QED) is 0.0936. The monoisotopic (exact) mass is 725 g/mol. The first-order valence-electron chi connectivity index (χ1n) is 15.2. The van der Waals surface area contributed by atoms with Crippen LogP contribution in [0, 0.1) is 0 Å². The predicted octanol–water partition coefficient (Wildman–Crippen LogP) is 6.85. The molecule has 3 aromatic rings. The Morgan fingerprint density at radius 1 is 1.00 bits per heavy atom. The van der Waals surface area contributed by atoms with Gasteiger partial charge >= 0.3 is 12.3 Å². The van der Waals surface area contributed by atoms with Crippen LogP contribution in [0.25, 0.3) is 0 Å². The fourth-order valence-electron chi connectivity index (χ4n) is 4.89. The maximum atomic E-state index is 14.2. The molecule has 10 nitrogen and oxygen atoms in total. The molecule has 3 aromatic carbocycles. The number of rotatable bonds is 14. The van der Waals surface area contributed by atoms with E-state index in [0.717, 1.165) is 12.1 Å². The molecule has 0 spiro atoms. The minimum Gasteiger partial charge on any atom is -0.494 e. The van der Waals surface area contributed by atoms with Crippen LogP contribution in [0.4, 0.5) is 13.2 Å². The van der Waals surface area contributed by atoms with Crippen molar-refractivity contribution in [2.45, 2.75) is 70.2 Å². The van der Waals surface area contributed by atoms with E-state index in [1.807, 2.05) is 0 Å². The van der Waals surface area contributed by atoms with Crippen molar-refractivity contribution >= 4 is 41.0 Å². The number of nitrogens with zero attached hydrogens (tertiary/aromatic N) is 1. The lowest BCUT2D eigenvalue weighted by Crippen LogP contribution is -2.52. The molecule has 0 saturated carbocycles. The molecule has 0 aliphatic carbocycles. The van der Waals surface area contributed by atoms with Crippen LogP contribution in [0.1, 0.15) is 62.8 Å². The average molecular weight is 727 g/mol. The summed E-state index contributed by atoms with van der Waals surface area (Å²) in [5, 5.41) is 9.58. The van der Waals surface area contributed by atoms with Crippen molar-refractivity contribution in [2.24, 2.45) is 4.99 Å². The average Bonchev–Trinajstić information content (AvgIpc) is 3.40. The number of aliphatic hydroxyl groups is 1. The van der Waals surface area contributed by atoms with Gasteiger partial charge in [-0.15, -0.1) is 13.2 Å². The molecule has 49 heavy (non-hydrogen) atoms. The van der Waals surface area contributed by atoms with Gasteiger partial charge in [-0.25, -0.2) is 10.4 Å². The first-order chi connectivity index (χ1) is 23.1. The molecule has 0 unspecified atom stereocenters. The van der Waals surface area contributed by atoms with Crippen LogP contribution in [0.3, 0.4) is 0 Å². The summed E-state index contributed by atoms with van der Waals surface area (Å²) in [5.74, 6) is -0.994. The maximum Gasteiger partial charge on any atom is 0.573 e. The second-order valence-corrected chi connectivity index (χ2v) is 12.9. The van der Waals surface area contributed by atoms with Crippen LogP contribution in [0.2, 0.25) is 10.0 Å². The van der Waals surface area contributed by atoms with E-state index in [4.69, 9.17) is 47.5 Å². The van der Waals surface area contributed by atoms with Crippen molar-refractivity contribution in [2.75, 3.05) is 13.2 Å². The third kappa shape index (κ3) is 10.7. The summed E-state index contributed by atoms with van der Waals surface area (Å²) in [6.07, 6.45) is -5.87. The van der Waals surface area contributed by atoms with E-state index in [0.29, 0.717) is 40.5 Å². The molecule has 15 heteroatoms. The predicted molar refractivity (Wildman–Crippen MR) is 176 cm³/mol. The standard InChI is InChI=1S/C34H36Cl2F3N3O7/c1-32(2,3)49-28(44)15-16-33(31(45)42-40-20-21-5-10-25(11-6-21)48-34(37,38)39)29(26-14-9-23(35)19-27(26)36)47-30(41-33)22-7-12-24(13-8-22)46-18-4-17-43/h5-14,19,29,40,43H,4,15-18,20H2,1-3H3,(H,42,45)/t29-,33-/m0/s1. The number of hydrogen-bond acceptors (Lipinski definition) is 9. The van der Waals surface area contributed by atoms with Crippen molar-refractivity contribution in [1.29, 1.82) is 0 Å². The number of nitrogens with one attached hydrogen (secondary N) is 2. The molecule has 1 aliphatic rings. The Bertz CT molecular complexity index is 1630. The number of ether oxygens (including phenoxy) is 4. The van der Waals surface area contributed by atoms with Crippen LogP contribution >= 0.6 is 23.2 Å². The molecule has 0 fully saturated rings. The molecule has 0 saturated heterocycles. The lowest BCUT2D eigenvalue weighted by Gasteiger charge is -2.31. The summed E-state index contributed by atoms with van der Waals surface area (Å²) in [5.41, 5.74) is 4.29. The minimum absolute atomic E-state index is 0.0110. The summed E-state index contributed by atoms with van der Waals surface area (Å²) >= 11 is 12.8. The highest BCUT2D eigenvalue weighted by Crippen LogP contribution is 2.45. The second kappa shape index (κ2) is 16.1. The lowest BCUT2D eigenvalue weighted by molar-refractivity contribution is -0.274. The molecule has 1 heterocycles. The van der Waals surface area contributed by atoms with Gasteiger partial charge in [0, 0.05) is 47.2 Å². The van der Waals surface area contributed by atoms with E-state index >= 15 is 0 Å². The van der Waals surface area contributed by atoms with Gasteiger partial charge in [-0.1, -0.05) is 41.4 Å². The Morgan fingerprint density at radius 2 is 1.67 bits per heavy atom. The molecule has 0 bridgehead atoms. The van der Waals surface area contributed by atoms with Gasteiger partial charge in [0.05, 0.1) is 6.61 Å². The number of carbonyl (C=O) groups excluding carboxylic acids is 2. The van der Waals surface area contributed by atoms with Crippen LogP contribution in [0.15, 0.2) is 71.7 Å². The van der Waals surface area contributed by atoms with Gasteiger partial charge in [-0.2, -0.15) is 0 Å². The number of aliphatic hydroxyl groups excluding tert-OH is 1. The molecule has 1 amide bonds. The first kappa shape index (κ1) is 37.8. The van der Waals surface area contributed by atoms with Gasteiger partial charge in [0.15, 0.2) is 11.6 Å². The molecule has 3 N–H and O–H groups in total. The summed E-state index contributed by atoms with van der Waals surface area (Å²) < 4.78 is 59.1. The van der Waals surface area contributed by atoms with Crippen LogP contribution < -0.4 is 20.3 Å². The normalized spacial score (nSPS) is 17.6. The number of aliphatic imine (C=N–C) groups is 1. The lowest BCUT2D eigenvalue weighted by atomic mass is 9.83.